The average molecular weight is 313 g/mol. The van der Waals surface area contributed by atoms with E-state index in [1.165, 1.54) is 4.88 Å². The number of pyridine rings is 1. The number of hydrogen-bond donors (Lipinski definition) is 1. The van der Waals surface area contributed by atoms with Gasteiger partial charge in [0.25, 0.3) is 0 Å². The predicted octanol–water partition coefficient (Wildman–Crippen LogP) is 4.09. The van der Waals surface area contributed by atoms with Crippen molar-refractivity contribution in [1.29, 1.82) is 0 Å². The van der Waals surface area contributed by atoms with Crippen LogP contribution in [0.15, 0.2) is 34.2 Å². The number of aromatic nitrogens is 1. The minimum Gasteiger partial charge on any atom is -0.481 e. The maximum atomic E-state index is 5.02. The molecule has 1 N–H and O–H groups in total. The molecule has 0 aliphatic rings. The molecule has 0 aliphatic heterocycles. The monoisotopic (exact) mass is 312 g/mol. The first-order chi connectivity index (χ1) is 8.19. The van der Waals surface area contributed by atoms with Crippen molar-refractivity contribution in [2.24, 2.45) is 0 Å². The number of halogens is 1. The highest BCUT2D eigenvalue weighted by atomic mass is 79.9. The van der Waals surface area contributed by atoms with Gasteiger partial charge in [-0.2, -0.15) is 0 Å². The van der Waals surface area contributed by atoms with E-state index in [0.29, 0.717) is 5.88 Å². The molecule has 0 bridgehead atoms. The van der Waals surface area contributed by atoms with Crippen molar-refractivity contribution < 1.29 is 4.74 Å². The van der Waals surface area contributed by atoms with Gasteiger partial charge in [0.1, 0.15) is 0 Å². The van der Waals surface area contributed by atoms with Crippen molar-refractivity contribution in [2.45, 2.75) is 13.0 Å². The number of nitrogens with one attached hydrogen (secondary N) is 1. The second-order valence-corrected chi connectivity index (χ2v) is 6.09. The highest BCUT2D eigenvalue weighted by Gasteiger charge is 2.08. The smallest absolute Gasteiger partial charge is 0.213 e. The second kappa shape index (κ2) is 5.51. The summed E-state index contributed by atoms with van der Waals surface area (Å²) in [6.45, 7) is 2.13. The van der Waals surface area contributed by atoms with Crippen LogP contribution in [-0.2, 0) is 0 Å². The third-order valence-electron chi connectivity index (χ3n) is 2.35. The summed E-state index contributed by atoms with van der Waals surface area (Å²) in [5, 5.41) is 3.39. The molecular weight excluding hydrogens is 300 g/mol. The van der Waals surface area contributed by atoms with Crippen LogP contribution in [0.5, 0.6) is 5.88 Å². The van der Waals surface area contributed by atoms with E-state index in [2.05, 4.69) is 45.3 Å². The van der Waals surface area contributed by atoms with Crippen LogP contribution < -0.4 is 10.1 Å². The lowest BCUT2D eigenvalue weighted by Crippen LogP contribution is -2.04. The van der Waals surface area contributed by atoms with Crippen LogP contribution in [-0.4, -0.2) is 12.1 Å². The van der Waals surface area contributed by atoms with Gasteiger partial charge < -0.3 is 10.1 Å². The summed E-state index contributed by atoms with van der Waals surface area (Å²) in [7, 11) is 1.61. The van der Waals surface area contributed by atoms with Crippen molar-refractivity contribution in [3.05, 3.63) is 39.1 Å². The molecule has 2 aromatic heterocycles. The molecule has 0 saturated carbocycles. The molecule has 0 spiro atoms. The molecule has 5 heteroatoms. The van der Waals surface area contributed by atoms with Gasteiger partial charge in [0.2, 0.25) is 5.88 Å². The largest absolute Gasteiger partial charge is 0.481 e. The Balaban J connectivity index is 2.04. The zero-order chi connectivity index (χ0) is 12.3. The fourth-order valence-corrected chi connectivity index (χ4v) is 2.89. The van der Waals surface area contributed by atoms with E-state index >= 15 is 0 Å². The van der Waals surface area contributed by atoms with Crippen LogP contribution in [0.2, 0.25) is 0 Å². The van der Waals surface area contributed by atoms with Gasteiger partial charge >= 0.3 is 0 Å². The van der Waals surface area contributed by atoms with Gasteiger partial charge in [0, 0.05) is 10.9 Å². The summed E-state index contributed by atoms with van der Waals surface area (Å²) in [6, 6.07) is 8.25. The minimum absolute atomic E-state index is 0.265. The molecule has 90 valence electrons. The van der Waals surface area contributed by atoms with E-state index in [4.69, 9.17) is 4.74 Å². The van der Waals surface area contributed by atoms with Crippen LogP contribution in [0.3, 0.4) is 0 Å². The average Bonchev–Trinajstić information content (AvgIpc) is 2.77. The molecule has 1 unspecified atom stereocenters. The zero-order valence-electron chi connectivity index (χ0n) is 9.61. The van der Waals surface area contributed by atoms with Crippen molar-refractivity contribution in [2.75, 3.05) is 12.4 Å². The molecule has 0 aliphatic carbocycles. The molecule has 2 heterocycles. The molecule has 17 heavy (non-hydrogen) atoms. The Morgan fingerprint density at radius 2 is 2.18 bits per heavy atom. The summed E-state index contributed by atoms with van der Waals surface area (Å²) < 4.78 is 6.17. The lowest BCUT2D eigenvalue weighted by molar-refractivity contribution is 0.398. The Morgan fingerprint density at radius 3 is 2.71 bits per heavy atom. The molecule has 0 saturated heterocycles. The first-order valence-electron chi connectivity index (χ1n) is 5.21. The number of rotatable bonds is 4. The third kappa shape index (κ3) is 3.20. The van der Waals surface area contributed by atoms with Gasteiger partial charge in [-0.15, -0.1) is 11.3 Å². The van der Waals surface area contributed by atoms with E-state index in [-0.39, 0.29) is 6.04 Å². The van der Waals surface area contributed by atoms with Gasteiger partial charge in [0.05, 0.1) is 28.8 Å². The Labute approximate surface area is 113 Å². The number of thiophene rings is 1. The molecular formula is C12H13BrN2OS. The Bertz CT molecular complexity index is 484. The van der Waals surface area contributed by atoms with E-state index in [1.54, 1.807) is 24.6 Å². The third-order valence-corrected chi connectivity index (χ3v) is 4.16. The van der Waals surface area contributed by atoms with Crippen LogP contribution in [0, 0.1) is 0 Å². The van der Waals surface area contributed by atoms with E-state index in [0.717, 1.165) is 9.47 Å². The van der Waals surface area contributed by atoms with Crippen LogP contribution >= 0.6 is 27.3 Å². The second-order valence-electron chi connectivity index (χ2n) is 3.60. The van der Waals surface area contributed by atoms with Gasteiger partial charge in [0.15, 0.2) is 0 Å². The summed E-state index contributed by atoms with van der Waals surface area (Å²) in [5.74, 6) is 0.627. The maximum absolute atomic E-state index is 5.02. The summed E-state index contributed by atoms with van der Waals surface area (Å²) in [6.07, 6.45) is 1.78. The van der Waals surface area contributed by atoms with Crippen LogP contribution in [0.25, 0.3) is 0 Å². The Morgan fingerprint density at radius 1 is 1.35 bits per heavy atom. The van der Waals surface area contributed by atoms with E-state index in [1.807, 2.05) is 12.1 Å². The van der Waals surface area contributed by atoms with Gasteiger partial charge in [-0.05, 0) is 41.1 Å². The first kappa shape index (κ1) is 12.4. The number of anilines is 1. The minimum atomic E-state index is 0.265. The van der Waals surface area contributed by atoms with E-state index in [9.17, 15) is 0 Å². The number of nitrogens with zero attached hydrogens (tertiary/aromatic N) is 1. The highest BCUT2D eigenvalue weighted by Crippen LogP contribution is 2.29. The SMILES string of the molecule is COc1ccc(NC(C)c2ccc(Br)s2)cn1. The number of ether oxygens (including phenoxy) is 1. The summed E-state index contributed by atoms with van der Waals surface area (Å²) >= 11 is 5.20. The van der Waals surface area contributed by atoms with Gasteiger partial charge in [-0.1, -0.05) is 0 Å². The van der Waals surface area contributed by atoms with Crippen molar-refractivity contribution >= 4 is 33.0 Å². The first-order valence-corrected chi connectivity index (χ1v) is 6.82. The molecule has 2 aromatic rings. The molecule has 2 rings (SSSR count). The Kier molecular flexibility index (Phi) is 4.02. The predicted molar refractivity (Wildman–Crippen MR) is 74.8 cm³/mol. The number of hydrogen-bond acceptors (Lipinski definition) is 4. The fraction of sp³-hybridized carbons (Fsp3) is 0.250. The van der Waals surface area contributed by atoms with Crippen molar-refractivity contribution in [3.63, 3.8) is 0 Å². The molecule has 0 fully saturated rings. The van der Waals surface area contributed by atoms with Gasteiger partial charge in [-0.3, -0.25) is 0 Å². The van der Waals surface area contributed by atoms with Crippen molar-refractivity contribution in [3.8, 4) is 5.88 Å². The highest BCUT2D eigenvalue weighted by molar-refractivity contribution is 9.11. The fourth-order valence-electron chi connectivity index (χ4n) is 1.47. The van der Waals surface area contributed by atoms with Crippen molar-refractivity contribution in [1.82, 2.24) is 4.98 Å². The topological polar surface area (TPSA) is 34.1 Å². The molecule has 1 atom stereocenters. The molecule has 3 nitrogen and oxygen atoms in total. The molecule has 0 radical (unpaired) electrons. The summed E-state index contributed by atoms with van der Waals surface area (Å²) in [4.78, 5) is 5.44. The molecule has 0 amide bonds. The number of methoxy groups -OCH3 is 1. The molecule has 0 aromatic carbocycles. The standard InChI is InChI=1S/C12H13BrN2OS/c1-8(10-4-5-11(13)17-10)15-9-3-6-12(16-2)14-7-9/h3-8,15H,1-2H3. The van der Waals surface area contributed by atoms with Crippen LogP contribution in [0.1, 0.15) is 17.8 Å². The Hall–Kier alpha value is -1.07. The quantitative estimate of drug-likeness (QED) is 0.923. The lowest BCUT2D eigenvalue weighted by Gasteiger charge is -2.13. The lowest BCUT2D eigenvalue weighted by atomic mass is 10.2. The normalized spacial score (nSPS) is 12.2. The zero-order valence-corrected chi connectivity index (χ0v) is 12.0. The van der Waals surface area contributed by atoms with Gasteiger partial charge in [-0.25, -0.2) is 4.98 Å². The summed E-state index contributed by atoms with van der Waals surface area (Å²) in [5.41, 5.74) is 0.989. The van der Waals surface area contributed by atoms with E-state index < -0.39 is 0 Å². The maximum Gasteiger partial charge on any atom is 0.213 e. The van der Waals surface area contributed by atoms with Crippen LogP contribution in [0.4, 0.5) is 5.69 Å².